The summed E-state index contributed by atoms with van der Waals surface area (Å²) in [4.78, 5) is 5.57. The molecule has 1 aliphatic rings. The van der Waals surface area contributed by atoms with E-state index in [2.05, 4.69) is 16.8 Å². The molecule has 0 aromatic carbocycles. The van der Waals surface area contributed by atoms with Gasteiger partial charge in [-0.3, -0.25) is 0 Å². The number of hydrogen-bond acceptors (Lipinski definition) is 2. The summed E-state index contributed by atoms with van der Waals surface area (Å²) in [6, 6.07) is 0. The smallest absolute Gasteiger partial charge is 0.0908 e. The van der Waals surface area contributed by atoms with Crippen molar-refractivity contribution in [3.05, 3.63) is 33.5 Å². The molecule has 1 aromatic rings. The molecule has 2 rings (SSSR count). The van der Waals surface area contributed by atoms with Gasteiger partial charge < -0.3 is 0 Å². The molecule has 0 radical (unpaired) electrons. The average Bonchev–Trinajstić information content (AvgIpc) is 2.17. The summed E-state index contributed by atoms with van der Waals surface area (Å²) in [6.45, 7) is 2.02. The number of thiazole rings is 1. The molecule has 11 heavy (non-hydrogen) atoms. The van der Waals surface area contributed by atoms with Gasteiger partial charge in [-0.1, -0.05) is 6.08 Å². The van der Waals surface area contributed by atoms with Crippen LogP contribution in [0.4, 0.5) is 0 Å². The van der Waals surface area contributed by atoms with Crippen LogP contribution in [0.25, 0.3) is 12.2 Å². The third-order valence-corrected chi connectivity index (χ3v) is 2.40. The second-order valence-electron chi connectivity index (χ2n) is 2.32. The van der Waals surface area contributed by atoms with Gasteiger partial charge in [-0.25, -0.2) is 4.98 Å². The van der Waals surface area contributed by atoms with Gasteiger partial charge in [-0.05, 0) is 19.1 Å². The lowest BCUT2D eigenvalue weighted by Gasteiger charge is -1.82. The predicted octanol–water partition coefficient (Wildman–Crippen LogP) is 2.65. The van der Waals surface area contributed by atoms with Gasteiger partial charge in [0.25, 0.3) is 0 Å². The molecule has 1 aromatic heterocycles. The van der Waals surface area contributed by atoms with Gasteiger partial charge in [-0.2, -0.15) is 0 Å². The average molecular weight is 161 g/mol. The van der Waals surface area contributed by atoms with Crippen molar-refractivity contribution in [2.45, 2.75) is 6.92 Å². The molecule has 0 N–H and O–H groups in total. The second-order valence-corrected chi connectivity index (χ2v) is 3.55. The van der Waals surface area contributed by atoms with E-state index in [1.54, 1.807) is 11.3 Å². The molecule has 0 fully saturated rings. The highest BCUT2D eigenvalue weighted by Crippen LogP contribution is 2.21. The maximum atomic E-state index is 4.34. The Hall–Kier alpha value is -1.11. The molecule has 0 unspecified atom stereocenters. The van der Waals surface area contributed by atoms with Crippen LogP contribution in [0.15, 0.2) is 17.9 Å². The minimum absolute atomic E-state index is 1.04. The van der Waals surface area contributed by atoms with Crippen LogP contribution in [-0.4, -0.2) is 4.98 Å². The fraction of sp³-hybridized carbons (Fsp3) is 0.111. The molecular weight excluding hydrogens is 154 g/mol. The van der Waals surface area contributed by atoms with E-state index in [4.69, 9.17) is 0 Å². The second kappa shape index (κ2) is 2.50. The van der Waals surface area contributed by atoms with Crippen LogP contribution in [0.2, 0.25) is 0 Å². The zero-order valence-corrected chi connectivity index (χ0v) is 6.98. The van der Waals surface area contributed by atoms with E-state index in [9.17, 15) is 0 Å². The van der Waals surface area contributed by atoms with Gasteiger partial charge >= 0.3 is 0 Å². The van der Waals surface area contributed by atoms with Crippen molar-refractivity contribution in [2.75, 3.05) is 0 Å². The summed E-state index contributed by atoms with van der Waals surface area (Å²) in [5.41, 5.74) is 4.06. The quantitative estimate of drug-likeness (QED) is 0.533. The number of rotatable bonds is 0. The molecule has 0 spiro atoms. The molecule has 0 atom stereocenters. The van der Waals surface area contributed by atoms with Gasteiger partial charge in [0, 0.05) is 6.08 Å². The van der Waals surface area contributed by atoms with Crippen LogP contribution in [0.1, 0.15) is 15.6 Å². The number of fused-ring (bicyclic) bond motifs is 1. The summed E-state index contributed by atoms with van der Waals surface area (Å²) >= 11 is 1.71. The first-order chi connectivity index (χ1) is 5.36. The Morgan fingerprint density at radius 1 is 1.55 bits per heavy atom. The molecule has 54 valence electrons. The predicted molar refractivity (Wildman–Crippen MR) is 48.4 cm³/mol. The zero-order valence-electron chi connectivity index (χ0n) is 6.16. The fourth-order valence-corrected chi connectivity index (χ4v) is 1.82. The summed E-state index contributed by atoms with van der Waals surface area (Å²) < 4.78 is 0. The first-order valence-corrected chi connectivity index (χ1v) is 4.24. The van der Waals surface area contributed by atoms with Crippen LogP contribution < -0.4 is 0 Å². The molecule has 0 saturated heterocycles. The Morgan fingerprint density at radius 2 is 2.45 bits per heavy atom. The Balaban J connectivity index is 2.66. The SMILES string of the molecule is Cc1nc2c(s1)C=CC=C=C2. The number of allylic oxidation sites excluding steroid dienone is 2. The highest BCUT2D eigenvalue weighted by atomic mass is 32.1. The van der Waals surface area contributed by atoms with E-state index in [-0.39, 0.29) is 0 Å². The summed E-state index contributed by atoms with van der Waals surface area (Å²) in [5.74, 6) is 0. The zero-order chi connectivity index (χ0) is 7.68. The Labute approximate surface area is 69.4 Å². The van der Waals surface area contributed by atoms with E-state index in [0.29, 0.717) is 0 Å². The monoisotopic (exact) mass is 161 g/mol. The molecule has 0 saturated carbocycles. The Bertz CT molecular complexity index is 365. The minimum atomic E-state index is 1.04. The minimum Gasteiger partial charge on any atom is -0.241 e. The number of nitrogens with zero attached hydrogens (tertiary/aromatic N) is 1. The number of aromatic nitrogens is 1. The summed E-state index contributed by atoms with van der Waals surface area (Å²) in [6.07, 6.45) is 7.86. The van der Waals surface area contributed by atoms with Gasteiger partial charge in [-0.15, -0.1) is 17.1 Å². The maximum absolute atomic E-state index is 4.34. The van der Waals surface area contributed by atoms with Crippen molar-refractivity contribution >= 4 is 23.5 Å². The topological polar surface area (TPSA) is 12.9 Å². The first-order valence-electron chi connectivity index (χ1n) is 3.43. The van der Waals surface area contributed by atoms with Crippen molar-refractivity contribution in [3.63, 3.8) is 0 Å². The first kappa shape index (κ1) is 6.59. The lowest BCUT2D eigenvalue weighted by atomic mass is 10.3. The lowest BCUT2D eigenvalue weighted by Crippen LogP contribution is -1.72. The number of aryl methyl sites for hydroxylation is 1. The highest BCUT2D eigenvalue weighted by Gasteiger charge is 2.02. The van der Waals surface area contributed by atoms with Gasteiger partial charge in [0.2, 0.25) is 0 Å². The molecule has 1 aliphatic carbocycles. The third kappa shape index (κ3) is 1.18. The maximum Gasteiger partial charge on any atom is 0.0908 e. The van der Waals surface area contributed by atoms with Gasteiger partial charge in [0.05, 0.1) is 15.6 Å². The van der Waals surface area contributed by atoms with Crippen LogP contribution in [-0.2, 0) is 0 Å². The van der Waals surface area contributed by atoms with Crippen molar-refractivity contribution in [3.8, 4) is 0 Å². The van der Waals surface area contributed by atoms with Crippen molar-refractivity contribution in [2.24, 2.45) is 0 Å². The highest BCUT2D eigenvalue weighted by molar-refractivity contribution is 7.12. The van der Waals surface area contributed by atoms with Crippen molar-refractivity contribution in [1.29, 1.82) is 0 Å². The third-order valence-electron chi connectivity index (χ3n) is 1.45. The van der Waals surface area contributed by atoms with Crippen molar-refractivity contribution in [1.82, 2.24) is 4.98 Å². The van der Waals surface area contributed by atoms with E-state index in [1.165, 1.54) is 4.88 Å². The van der Waals surface area contributed by atoms with Gasteiger partial charge in [0.15, 0.2) is 0 Å². The van der Waals surface area contributed by atoms with E-state index in [0.717, 1.165) is 10.7 Å². The van der Waals surface area contributed by atoms with E-state index >= 15 is 0 Å². The van der Waals surface area contributed by atoms with Crippen molar-refractivity contribution < 1.29 is 0 Å². The molecular formula is C9H7NS. The van der Waals surface area contributed by atoms with Crippen LogP contribution in [0, 0.1) is 6.92 Å². The molecule has 0 bridgehead atoms. The van der Waals surface area contributed by atoms with Crippen LogP contribution in [0.5, 0.6) is 0 Å². The van der Waals surface area contributed by atoms with E-state index in [1.807, 2.05) is 25.2 Å². The van der Waals surface area contributed by atoms with Crippen LogP contribution in [0.3, 0.4) is 0 Å². The molecule has 2 heteroatoms. The number of hydrogen-bond donors (Lipinski definition) is 0. The Morgan fingerprint density at radius 3 is 3.36 bits per heavy atom. The van der Waals surface area contributed by atoms with Crippen LogP contribution >= 0.6 is 11.3 Å². The normalized spacial score (nSPS) is 13.2. The lowest BCUT2D eigenvalue weighted by molar-refractivity contribution is 1.27. The molecule has 1 nitrogen and oxygen atoms in total. The Kier molecular flexibility index (Phi) is 1.50. The molecule has 1 heterocycles. The van der Waals surface area contributed by atoms with E-state index < -0.39 is 0 Å². The summed E-state index contributed by atoms with van der Waals surface area (Å²) in [5, 5.41) is 1.11. The largest absolute Gasteiger partial charge is 0.241 e. The molecule has 0 aliphatic heterocycles. The fourth-order valence-electron chi connectivity index (χ4n) is 1.000. The molecule has 0 amide bonds. The van der Waals surface area contributed by atoms with Gasteiger partial charge in [0.1, 0.15) is 0 Å². The summed E-state index contributed by atoms with van der Waals surface area (Å²) in [7, 11) is 0. The standard InChI is InChI=1S/C9H7NS/c1-7-10-8-5-3-2-4-6-9(8)11-7/h2,4-6H,1H3.